The van der Waals surface area contributed by atoms with E-state index in [9.17, 15) is 14.7 Å². The molecule has 1 aromatic rings. The van der Waals surface area contributed by atoms with Gasteiger partial charge >= 0.3 is 5.97 Å². The lowest BCUT2D eigenvalue weighted by Crippen LogP contribution is -2.34. The minimum Gasteiger partial charge on any atom is -0.493 e. The molecule has 0 bridgehead atoms. The van der Waals surface area contributed by atoms with Crippen LogP contribution in [0.25, 0.3) is 6.08 Å². The van der Waals surface area contributed by atoms with Crippen LogP contribution < -0.4 is 9.47 Å². The van der Waals surface area contributed by atoms with Crippen LogP contribution in [0.1, 0.15) is 25.8 Å². The first-order valence-electron chi connectivity index (χ1n) is 7.91. The van der Waals surface area contributed by atoms with Crippen molar-refractivity contribution in [3.8, 4) is 11.5 Å². The second kappa shape index (κ2) is 7.38. The molecule has 1 heterocycles. The maximum atomic E-state index is 12.3. The fourth-order valence-corrected chi connectivity index (χ4v) is 2.66. The van der Waals surface area contributed by atoms with Crippen molar-refractivity contribution in [1.29, 1.82) is 0 Å². The van der Waals surface area contributed by atoms with Crippen LogP contribution in [0, 0.1) is 5.41 Å². The van der Waals surface area contributed by atoms with E-state index in [1.807, 2.05) is 13.0 Å². The molecule has 1 fully saturated rings. The number of carboxylic acid groups (broad SMARTS) is 1. The summed E-state index contributed by atoms with van der Waals surface area (Å²) in [6.45, 7) is 4.77. The highest BCUT2D eigenvalue weighted by Gasteiger charge is 2.41. The highest BCUT2D eigenvalue weighted by molar-refractivity contribution is 5.92. The molecule has 1 aromatic carbocycles. The number of carboxylic acids is 1. The molecule has 2 rings (SSSR count). The predicted octanol–water partition coefficient (Wildman–Crippen LogP) is 2.43. The summed E-state index contributed by atoms with van der Waals surface area (Å²) < 4.78 is 10.7. The Morgan fingerprint density at radius 1 is 1.38 bits per heavy atom. The molecule has 1 atom stereocenters. The Labute approximate surface area is 141 Å². The Morgan fingerprint density at radius 2 is 2.12 bits per heavy atom. The first kappa shape index (κ1) is 17.8. The number of hydrogen-bond donors (Lipinski definition) is 1. The van der Waals surface area contributed by atoms with Gasteiger partial charge in [-0.15, -0.1) is 0 Å². The van der Waals surface area contributed by atoms with Gasteiger partial charge in [-0.3, -0.25) is 9.59 Å². The Balaban J connectivity index is 2.07. The highest BCUT2D eigenvalue weighted by atomic mass is 16.5. The summed E-state index contributed by atoms with van der Waals surface area (Å²) >= 11 is 0. The largest absolute Gasteiger partial charge is 0.493 e. The Bertz CT molecular complexity index is 655. The lowest BCUT2D eigenvalue weighted by Gasteiger charge is -2.19. The topological polar surface area (TPSA) is 76.1 Å². The maximum Gasteiger partial charge on any atom is 0.311 e. The van der Waals surface area contributed by atoms with Gasteiger partial charge in [0, 0.05) is 19.2 Å². The summed E-state index contributed by atoms with van der Waals surface area (Å²) in [6.07, 6.45) is 3.63. The summed E-state index contributed by atoms with van der Waals surface area (Å²) in [5.41, 5.74) is -0.0426. The maximum absolute atomic E-state index is 12.3. The van der Waals surface area contributed by atoms with Gasteiger partial charge in [0.2, 0.25) is 5.91 Å². The van der Waals surface area contributed by atoms with Gasteiger partial charge < -0.3 is 19.5 Å². The molecule has 0 spiro atoms. The van der Waals surface area contributed by atoms with E-state index < -0.39 is 11.4 Å². The minimum atomic E-state index is -0.863. The summed E-state index contributed by atoms with van der Waals surface area (Å²) in [5.74, 6) is 0.207. The van der Waals surface area contributed by atoms with E-state index in [2.05, 4.69) is 0 Å². The van der Waals surface area contributed by atoms with Crippen LogP contribution in [-0.4, -0.2) is 48.7 Å². The molecule has 24 heavy (non-hydrogen) atoms. The molecular weight excluding hydrogens is 310 g/mol. The zero-order valence-corrected chi connectivity index (χ0v) is 14.2. The number of methoxy groups -OCH3 is 1. The van der Waals surface area contributed by atoms with Gasteiger partial charge in [0.1, 0.15) is 0 Å². The SMILES string of the molecule is CCOc1cc(/C=C/C(=O)N2CCC(C)(C(=O)O)C2)ccc1OC. The van der Waals surface area contributed by atoms with E-state index >= 15 is 0 Å². The van der Waals surface area contributed by atoms with E-state index in [4.69, 9.17) is 9.47 Å². The molecular formula is C18H23NO5. The van der Waals surface area contributed by atoms with Crippen molar-refractivity contribution in [1.82, 2.24) is 4.90 Å². The van der Waals surface area contributed by atoms with Crippen LogP contribution in [0.15, 0.2) is 24.3 Å². The smallest absolute Gasteiger partial charge is 0.311 e. The normalized spacial score (nSPS) is 20.4. The summed E-state index contributed by atoms with van der Waals surface area (Å²) in [5, 5.41) is 9.23. The third-order valence-corrected chi connectivity index (χ3v) is 4.21. The van der Waals surface area contributed by atoms with Crippen molar-refractivity contribution in [2.45, 2.75) is 20.3 Å². The minimum absolute atomic E-state index is 0.186. The molecule has 0 saturated carbocycles. The van der Waals surface area contributed by atoms with Gasteiger partial charge in [-0.05, 0) is 44.0 Å². The first-order valence-corrected chi connectivity index (χ1v) is 7.91. The molecule has 6 nitrogen and oxygen atoms in total. The van der Waals surface area contributed by atoms with E-state index in [1.54, 1.807) is 37.1 Å². The van der Waals surface area contributed by atoms with Crippen molar-refractivity contribution in [2.75, 3.05) is 26.8 Å². The highest BCUT2D eigenvalue weighted by Crippen LogP contribution is 2.31. The number of carbonyl (C=O) groups excluding carboxylic acids is 1. The van der Waals surface area contributed by atoms with E-state index in [0.29, 0.717) is 31.1 Å². The number of likely N-dealkylation sites (tertiary alicyclic amines) is 1. The van der Waals surface area contributed by atoms with Gasteiger partial charge in [0.25, 0.3) is 0 Å². The van der Waals surface area contributed by atoms with Crippen molar-refractivity contribution < 1.29 is 24.2 Å². The van der Waals surface area contributed by atoms with Crippen LogP contribution in [-0.2, 0) is 9.59 Å². The lowest BCUT2D eigenvalue weighted by molar-refractivity contribution is -0.147. The first-order chi connectivity index (χ1) is 11.4. The zero-order chi connectivity index (χ0) is 17.7. The molecule has 0 aliphatic carbocycles. The summed E-state index contributed by atoms with van der Waals surface area (Å²) in [6, 6.07) is 5.42. The number of aliphatic carboxylic acids is 1. The van der Waals surface area contributed by atoms with Crippen LogP contribution in [0.5, 0.6) is 11.5 Å². The van der Waals surface area contributed by atoms with Gasteiger partial charge in [-0.1, -0.05) is 6.07 Å². The number of benzene rings is 1. The van der Waals surface area contributed by atoms with Gasteiger partial charge in [0.15, 0.2) is 11.5 Å². The lowest BCUT2D eigenvalue weighted by atomic mass is 9.90. The number of ether oxygens (including phenoxy) is 2. The molecule has 0 radical (unpaired) electrons. The molecule has 6 heteroatoms. The van der Waals surface area contributed by atoms with Gasteiger partial charge in [-0.25, -0.2) is 0 Å². The second-order valence-electron chi connectivity index (χ2n) is 6.05. The predicted molar refractivity (Wildman–Crippen MR) is 90.1 cm³/mol. The van der Waals surface area contributed by atoms with Crippen molar-refractivity contribution >= 4 is 18.0 Å². The quantitative estimate of drug-likeness (QED) is 0.809. The fourth-order valence-electron chi connectivity index (χ4n) is 2.66. The van der Waals surface area contributed by atoms with Crippen molar-refractivity contribution in [2.24, 2.45) is 5.41 Å². The van der Waals surface area contributed by atoms with E-state index in [1.165, 1.54) is 6.08 Å². The van der Waals surface area contributed by atoms with E-state index in [0.717, 1.165) is 5.56 Å². The molecule has 1 saturated heterocycles. The third-order valence-electron chi connectivity index (χ3n) is 4.21. The molecule has 1 amide bonds. The number of nitrogens with zero attached hydrogens (tertiary/aromatic N) is 1. The average molecular weight is 333 g/mol. The van der Waals surface area contributed by atoms with Crippen molar-refractivity contribution in [3.05, 3.63) is 29.8 Å². The monoisotopic (exact) mass is 333 g/mol. The molecule has 1 aliphatic rings. The Kier molecular flexibility index (Phi) is 5.49. The van der Waals surface area contributed by atoms with Crippen LogP contribution >= 0.6 is 0 Å². The van der Waals surface area contributed by atoms with Crippen LogP contribution in [0.4, 0.5) is 0 Å². The third kappa shape index (κ3) is 3.88. The zero-order valence-electron chi connectivity index (χ0n) is 14.2. The Hall–Kier alpha value is -2.50. The summed E-state index contributed by atoms with van der Waals surface area (Å²) in [7, 11) is 1.57. The fraction of sp³-hybridized carbons (Fsp3) is 0.444. The molecule has 1 aliphatic heterocycles. The molecule has 130 valence electrons. The molecule has 0 aromatic heterocycles. The molecule has 1 unspecified atom stereocenters. The molecule has 1 N–H and O–H groups in total. The standard InChI is InChI=1S/C18H23NO5/c1-4-24-15-11-13(5-7-14(15)23-3)6-8-16(20)19-10-9-18(2,12-19)17(21)22/h5-8,11H,4,9-10,12H2,1-3H3,(H,21,22)/b8-6+. The van der Waals surface area contributed by atoms with Gasteiger partial charge in [-0.2, -0.15) is 0 Å². The number of hydrogen-bond acceptors (Lipinski definition) is 4. The summed E-state index contributed by atoms with van der Waals surface area (Å²) in [4.78, 5) is 25.1. The van der Waals surface area contributed by atoms with Crippen LogP contribution in [0.2, 0.25) is 0 Å². The van der Waals surface area contributed by atoms with Gasteiger partial charge in [0.05, 0.1) is 19.1 Å². The number of amides is 1. The van der Waals surface area contributed by atoms with E-state index in [-0.39, 0.29) is 12.5 Å². The average Bonchev–Trinajstić information content (AvgIpc) is 2.97. The number of carbonyl (C=O) groups is 2. The Morgan fingerprint density at radius 3 is 2.71 bits per heavy atom. The number of rotatable bonds is 6. The second-order valence-corrected chi connectivity index (χ2v) is 6.05. The van der Waals surface area contributed by atoms with Crippen LogP contribution in [0.3, 0.4) is 0 Å². The van der Waals surface area contributed by atoms with Crippen molar-refractivity contribution in [3.63, 3.8) is 0 Å².